The van der Waals surface area contributed by atoms with Gasteiger partial charge in [-0.15, -0.1) is 0 Å². The summed E-state index contributed by atoms with van der Waals surface area (Å²) in [5, 5.41) is 15.9. The molecule has 9 nitrogen and oxygen atoms in total. The Kier molecular flexibility index (Phi) is 8.00. The average Bonchev–Trinajstić information content (AvgIpc) is 3.16. The highest BCUT2D eigenvalue weighted by Gasteiger charge is 2.17. The fourth-order valence-corrected chi connectivity index (χ4v) is 3.17. The van der Waals surface area contributed by atoms with E-state index in [4.69, 9.17) is 14.6 Å². The molecule has 0 unspecified atom stereocenters. The van der Waals surface area contributed by atoms with Crippen molar-refractivity contribution in [2.75, 3.05) is 11.9 Å². The first-order valence-electron chi connectivity index (χ1n) is 11.0. The van der Waals surface area contributed by atoms with Crippen LogP contribution in [0.1, 0.15) is 45.6 Å². The van der Waals surface area contributed by atoms with Gasteiger partial charge in [0.2, 0.25) is 0 Å². The maximum atomic E-state index is 12.2. The fourth-order valence-electron chi connectivity index (χ4n) is 3.17. The van der Waals surface area contributed by atoms with E-state index in [-0.39, 0.29) is 12.6 Å². The van der Waals surface area contributed by atoms with Gasteiger partial charge in [0.25, 0.3) is 0 Å². The van der Waals surface area contributed by atoms with E-state index < -0.39 is 11.7 Å². The summed E-state index contributed by atoms with van der Waals surface area (Å²) in [6, 6.07) is 5.70. The number of carbonyl (C=O) groups is 1. The SMILES string of the molecule is Cn1cc(-c2cnc(Oc3cc(CCCCCO)cc(NC(=O)OC(C)(C)C)c3)nc2)cn1. The molecule has 3 aromatic rings. The summed E-state index contributed by atoms with van der Waals surface area (Å²) in [5.74, 6) is 0.509. The van der Waals surface area contributed by atoms with Crippen LogP contribution in [0.15, 0.2) is 43.0 Å². The van der Waals surface area contributed by atoms with E-state index in [0.29, 0.717) is 11.4 Å². The van der Waals surface area contributed by atoms with Gasteiger partial charge in [-0.3, -0.25) is 10.00 Å². The summed E-state index contributed by atoms with van der Waals surface area (Å²) >= 11 is 0. The van der Waals surface area contributed by atoms with Gasteiger partial charge < -0.3 is 14.6 Å². The number of anilines is 1. The number of hydrogen-bond acceptors (Lipinski definition) is 7. The van der Waals surface area contributed by atoms with Gasteiger partial charge in [-0.2, -0.15) is 5.10 Å². The summed E-state index contributed by atoms with van der Waals surface area (Å²) in [7, 11) is 1.85. The minimum absolute atomic E-state index is 0.182. The van der Waals surface area contributed by atoms with Crippen LogP contribution < -0.4 is 10.1 Å². The molecule has 0 atom stereocenters. The zero-order valence-electron chi connectivity index (χ0n) is 19.5. The molecular formula is C24H31N5O4. The van der Waals surface area contributed by atoms with Crippen LogP contribution in [-0.4, -0.2) is 43.2 Å². The van der Waals surface area contributed by atoms with E-state index >= 15 is 0 Å². The molecule has 2 N–H and O–H groups in total. The Bertz CT molecular complexity index is 1060. The van der Waals surface area contributed by atoms with E-state index in [1.807, 2.05) is 46.1 Å². The first-order valence-corrected chi connectivity index (χ1v) is 11.0. The molecule has 1 aromatic carbocycles. The van der Waals surface area contributed by atoms with Crippen molar-refractivity contribution in [3.8, 4) is 22.9 Å². The van der Waals surface area contributed by atoms with Crippen molar-refractivity contribution >= 4 is 11.8 Å². The molecule has 0 fully saturated rings. The lowest BCUT2D eigenvalue weighted by Gasteiger charge is -2.20. The summed E-state index contributed by atoms with van der Waals surface area (Å²) in [5.41, 5.74) is 2.70. The number of benzene rings is 1. The Labute approximate surface area is 193 Å². The van der Waals surface area contributed by atoms with Crippen LogP contribution in [0.5, 0.6) is 11.8 Å². The number of unbranched alkanes of at least 4 members (excludes halogenated alkanes) is 2. The molecule has 0 aliphatic rings. The second kappa shape index (κ2) is 10.9. The zero-order valence-corrected chi connectivity index (χ0v) is 19.5. The normalized spacial score (nSPS) is 11.3. The molecule has 0 spiro atoms. The van der Waals surface area contributed by atoms with E-state index in [9.17, 15) is 4.79 Å². The van der Waals surface area contributed by atoms with Gasteiger partial charge in [-0.05, 0) is 57.7 Å². The van der Waals surface area contributed by atoms with Crippen molar-refractivity contribution in [1.82, 2.24) is 19.7 Å². The first kappa shape index (κ1) is 24.2. The van der Waals surface area contributed by atoms with Crippen LogP contribution in [0.2, 0.25) is 0 Å². The zero-order chi connectivity index (χ0) is 23.8. The standard InChI is InChI=1S/C24H31N5O4/c1-24(2,3)33-23(31)28-20-10-17(8-6-5-7-9-30)11-21(12-20)32-22-25-13-18(14-26-22)19-15-27-29(4)16-19/h10-16,30H,5-9H2,1-4H3,(H,28,31). The molecule has 0 aliphatic carbocycles. The molecule has 3 rings (SSSR count). The van der Waals surface area contributed by atoms with Gasteiger partial charge in [0.15, 0.2) is 0 Å². The lowest BCUT2D eigenvalue weighted by molar-refractivity contribution is 0.0636. The lowest BCUT2D eigenvalue weighted by Crippen LogP contribution is -2.27. The fraction of sp³-hybridized carbons (Fsp3) is 0.417. The summed E-state index contributed by atoms with van der Waals surface area (Å²) in [6.07, 6.45) is 9.81. The van der Waals surface area contributed by atoms with Crippen LogP contribution in [0.3, 0.4) is 0 Å². The minimum Gasteiger partial charge on any atom is -0.444 e. The number of aryl methyl sites for hydroxylation is 2. The second-order valence-electron chi connectivity index (χ2n) is 8.79. The third-order valence-corrected chi connectivity index (χ3v) is 4.61. The largest absolute Gasteiger partial charge is 0.444 e. The molecule has 0 radical (unpaired) electrons. The molecule has 33 heavy (non-hydrogen) atoms. The Morgan fingerprint density at radius 1 is 1.06 bits per heavy atom. The smallest absolute Gasteiger partial charge is 0.412 e. The summed E-state index contributed by atoms with van der Waals surface area (Å²) < 4.78 is 13.0. The number of aliphatic hydroxyl groups is 1. The van der Waals surface area contributed by atoms with Crippen molar-refractivity contribution in [1.29, 1.82) is 0 Å². The molecule has 9 heteroatoms. The Balaban J connectivity index is 1.76. The number of aliphatic hydroxyl groups excluding tert-OH is 1. The number of hydrogen-bond donors (Lipinski definition) is 2. The molecule has 2 heterocycles. The van der Waals surface area contributed by atoms with Crippen molar-refractivity contribution in [3.05, 3.63) is 48.5 Å². The van der Waals surface area contributed by atoms with E-state index in [1.54, 1.807) is 29.3 Å². The van der Waals surface area contributed by atoms with Crippen LogP contribution >= 0.6 is 0 Å². The van der Waals surface area contributed by atoms with E-state index in [2.05, 4.69) is 20.4 Å². The minimum atomic E-state index is -0.602. The lowest BCUT2D eigenvalue weighted by atomic mass is 10.1. The first-order chi connectivity index (χ1) is 15.7. The maximum absolute atomic E-state index is 12.2. The molecule has 2 aromatic heterocycles. The molecule has 0 saturated carbocycles. The number of rotatable bonds is 9. The Morgan fingerprint density at radius 2 is 1.82 bits per heavy atom. The molecule has 1 amide bonds. The van der Waals surface area contributed by atoms with Gasteiger partial charge in [-0.1, -0.05) is 6.42 Å². The van der Waals surface area contributed by atoms with Crippen molar-refractivity contribution < 1.29 is 19.4 Å². The molecule has 0 bridgehead atoms. The van der Waals surface area contributed by atoms with E-state index in [0.717, 1.165) is 42.4 Å². The molecule has 176 valence electrons. The highest BCUT2D eigenvalue weighted by Crippen LogP contribution is 2.27. The summed E-state index contributed by atoms with van der Waals surface area (Å²) in [4.78, 5) is 20.9. The Hall–Kier alpha value is -3.46. The van der Waals surface area contributed by atoms with Gasteiger partial charge in [-0.25, -0.2) is 14.8 Å². The quantitative estimate of drug-likeness (QED) is 0.451. The summed E-state index contributed by atoms with van der Waals surface area (Å²) in [6.45, 7) is 5.61. The third-order valence-electron chi connectivity index (χ3n) is 4.61. The van der Waals surface area contributed by atoms with E-state index in [1.165, 1.54) is 0 Å². The van der Waals surface area contributed by atoms with Crippen LogP contribution in [0.25, 0.3) is 11.1 Å². The number of carbonyl (C=O) groups excluding carboxylic acids is 1. The highest BCUT2D eigenvalue weighted by atomic mass is 16.6. The van der Waals surface area contributed by atoms with Crippen LogP contribution in [-0.2, 0) is 18.2 Å². The monoisotopic (exact) mass is 453 g/mol. The van der Waals surface area contributed by atoms with Crippen molar-refractivity contribution in [2.24, 2.45) is 7.05 Å². The Morgan fingerprint density at radius 3 is 2.45 bits per heavy atom. The van der Waals surface area contributed by atoms with Crippen molar-refractivity contribution in [2.45, 2.75) is 52.1 Å². The maximum Gasteiger partial charge on any atom is 0.412 e. The number of nitrogens with zero attached hydrogens (tertiary/aromatic N) is 4. The van der Waals surface area contributed by atoms with Gasteiger partial charge in [0, 0.05) is 55.1 Å². The van der Waals surface area contributed by atoms with Gasteiger partial charge in [0.1, 0.15) is 11.4 Å². The van der Waals surface area contributed by atoms with Crippen LogP contribution in [0, 0.1) is 0 Å². The number of aromatic nitrogens is 4. The molecule has 0 saturated heterocycles. The predicted molar refractivity (Wildman–Crippen MR) is 125 cm³/mol. The predicted octanol–water partition coefficient (Wildman–Crippen LogP) is 4.72. The highest BCUT2D eigenvalue weighted by molar-refractivity contribution is 5.85. The molecular weight excluding hydrogens is 422 g/mol. The number of ether oxygens (including phenoxy) is 2. The third kappa shape index (κ3) is 7.87. The average molecular weight is 454 g/mol. The molecule has 0 aliphatic heterocycles. The number of nitrogens with one attached hydrogen (secondary N) is 1. The van der Waals surface area contributed by atoms with Gasteiger partial charge in [0.05, 0.1) is 6.20 Å². The second-order valence-corrected chi connectivity index (χ2v) is 8.79. The number of amides is 1. The van der Waals surface area contributed by atoms with Gasteiger partial charge >= 0.3 is 12.1 Å². The topological polar surface area (TPSA) is 111 Å². The van der Waals surface area contributed by atoms with Crippen LogP contribution in [0.4, 0.5) is 10.5 Å². The van der Waals surface area contributed by atoms with Crippen molar-refractivity contribution in [3.63, 3.8) is 0 Å².